The van der Waals surface area contributed by atoms with Crippen LogP contribution in [0.1, 0.15) is 0 Å². The van der Waals surface area contributed by atoms with Crippen LogP contribution in [0.25, 0.3) is 0 Å². The molecule has 0 spiro atoms. The summed E-state index contributed by atoms with van der Waals surface area (Å²) in [6.07, 6.45) is -4.60. The molecule has 1 unspecified atom stereocenters. The quantitative estimate of drug-likeness (QED) is 0.584. The molecular weight excluding hydrogens is 323 g/mol. The highest BCUT2D eigenvalue weighted by Crippen LogP contribution is 2.41. The molecule has 1 aromatic heterocycles. The summed E-state index contributed by atoms with van der Waals surface area (Å²) in [5.41, 5.74) is 0. The minimum atomic E-state index is -4.44. The van der Waals surface area contributed by atoms with Gasteiger partial charge < -0.3 is 9.47 Å². The summed E-state index contributed by atoms with van der Waals surface area (Å²) in [5, 5.41) is 0.557. The molecule has 94 valence electrons. The van der Waals surface area contributed by atoms with E-state index in [1.807, 2.05) is 0 Å². The zero-order chi connectivity index (χ0) is 12.6. The van der Waals surface area contributed by atoms with Gasteiger partial charge in [0.05, 0.1) is 0 Å². The van der Waals surface area contributed by atoms with Gasteiger partial charge in [0.15, 0.2) is 16.1 Å². The van der Waals surface area contributed by atoms with E-state index < -0.39 is 18.9 Å². The standard InChI is InChI=1S/C9H7BrF3NO2S/c1-17-6-2-4-7(8(10)14-6)15-3-5(16-4)9(11,12)13/h2,5H,3H2,1H3. The van der Waals surface area contributed by atoms with Crippen LogP contribution in [0.4, 0.5) is 13.2 Å². The number of alkyl halides is 3. The number of hydrogen-bond acceptors (Lipinski definition) is 4. The van der Waals surface area contributed by atoms with Gasteiger partial charge in [-0.1, -0.05) is 0 Å². The largest absolute Gasteiger partial charge is 0.483 e. The predicted molar refractivity (Wildman–Crippen MR) is 59.7 cm³/mol. The zero-order valence-corrected chi connectivity index (χ0v) is 10.9. The second-order valence-electron chi connectivity index (χ2n) is 3.24. The molecule has 1 aliphatic heterocycles. The van der Waals surface area contributed by atoms with Crippen molar-refractivity contribution >= 4 is 27.7 Å². The second-order valence-corrected chi connectivity index (χ2v) is 4.82. The fourth-order valence-electron chi connectivity index (χ4n) is 1.29. The molecule has 2 heterocycles. The fourth-order valence-corrected chi connectivity index (χ4v) is 2.32. The highest BCUT2D eigenvalue weighted by molar-refractivity contribution is 9.10. The molecule has 0 N–H and O–H groups in total. The third-order valence-corrected chi connectivity index (χ3v) is 3.26. The molecule has 0 saturated heterocycles. The van der Waals surface area contributed by atoms with E-state index in [0.717, 1.165) is 0 Å². The number of hydrogen-bond donors (Lipinski definition) is 0. The van der Waals surface area contributed by atoms with Crippen LogP contribution in [0.3, 0.4) is 0 Å². The van der Waals surface area contributed by atoms with Crippen molar-refractivity contribution < 1.29 is 22.6 Å². The van der Waals surface area contributed by atoms with Crippen molar-refractivity contribution in [2.45, 2.75) is 17.3 Å². The SMILES string of the molecule is CSc1cc2c(c(Br)n1)OCC(C(F)(F)F)O2. The number of fused-ring (bicyclic) bond motifs is 1. The fraction of sp³-hybridized carbons (Fsp3) is 0.444. The first kappa shape index (κ1) is 12.8. The van der Waals surface area contributed by atoms with E-state index in [-0.39, 0.29) is 11.5 Å². The molecule has 0 aliphatic carbocycles. The van der Waals surface area contributed by atoms with E-state index in [4.69, 9.17) is 9.47 Å². The van der Waals surface area contributed by atoms with Gasteiger partial charge in [0, 0.05) is 6.07 Å². The molecule has 0 radical (unpaired) electrons. The zero-order valence-electron chi connectivity index (χ0n) is 8.55. The number of halogens is 4. The van der Waals surface area contributed by atoms with Gasteiger partial charge in [-0.15, -0.1) is 11.8 Å². The van der Waals surface area contributed by atoms with Crippen molar-refractivity contribution in [1.82, 2.24) is 4.98 Å². The van der Waals surface area contributed by atoms with Crippen LogP contribution in [0.2, 0.25) is 0 Å². The second kappa shape index (κ2) is 4.56. The summed E-state index contributed by atoms with van der Waals surface area (Å²) in [4.78, 5) is 4.09. The monoisotopic (exact) mass is 329 g/mol. The van der Waals surface area contributed by atoms with Crippen molar-refractivity contribution in [2.75, 3.05) is 12.9 Å². The average Bonchev–Trinajstić information content (AvgIpc) is 2.27. The van der Waals surface area contributed by atoms with Crippen molar-refractivity contribution in [2.24, 2.45) is 0 Å². The van der Waals surface area contributed by atoms with Gasteiger partial charge in [-0.2, -0.15) is 13.2 Å². The Hall–Kier alpha value is -0.630. The molecular formula is C9H7BrF3NO2S. The number of thioether (sulfide) groups is 1. The summed E-state index contributed by atoms with van der Waals surface area (Å²) in [5.74, 6) is 0.271. The van der Waals surface area contributed by atoms with Crippen LogP contribution in [0, 0.1) is 0 Å². The minimum Gasteiger partial charge on any atom is -0.483 e. The maximum Gasteiger partial charge on any atom is 0.428 e. The van der Waals surface area contributed by atoms with Gasteiger partial charge in [0.1, 0.15) is 11.6 Å². The summed E-state index contributed by atoms with van der Waals surface area (Å²) in [6.45, 7) is -0.560. The van der Waals surface area contributed by atoms with Gasteiger partial charge in [0.25, 0.3) is 0 Å². The molecule has 3 nitrogen and oxygen atoms in total. The third kappa shape index (κ3) is 2.62. The highest BCUT2D eigenvalue weighted by atomic mass is 79.9. The Bertz CT molecular complexity index is 441. The Kier molecular flexibility index (Phi) is 3.44. The molecule has 2 rings (SSSR count). The number of aromatic nitrogens is 1. The lowest BCUT2D eigenvalue weighted by molar-refractivity contribution is -0.207. The van der Waals surface area contributed by atoms with Gasteiger partial charge in [-0.3, -0.25) is 0 Å². The summed E-state index contributed by atoms with van der Waals surface area (Å²) in [6, 6.07) is 1.43. The van der Waals surface area contributed by atoms with Crippen LogP contribution in [-0.2, 0) is 0 Å². The molecule has 17 heavy (non-hydrogen) atoms. The minimum absolute atomic E-state index is 0.0600. The average molecular weight is 330 g/mol. The number of rotatable bonds is 1. The molecule has 0 fully saturated rings. The Labute approximate surface area is 108 Å². The summed E-state index contributed by atoms with van der Waals surface area (Å²) >= 11 is 4.44. The Balaban J connectivity index is 2.34. The van der Waals surface area contributed by atoms with E-state index >= 15 is 0 Å². The molecule has 0 aromatic carbocycles. The van der Waals surface area contributed by atoms with Crippen LogP contribution in [0.5, 0.6) is 11.5 Å². The van der Waals surface area contributed by atoms with Gasteiger partial charge in [-0.25, -0.2) is 4.98 Å². The van der Waals surface area contributed by atoms with Gasteiger partial charge >= 0.3 is 6.18 Å². The van der Waals surface area contributed by atoms with Crippen LogP contribution < -0.4 is 9.47 Å². The molecule has 0 bridgehead atoms. The number of pyridine rings is 1. The first-order valence-electron chi connectivity index (χ1n) is 4.52. The Morgan fingerprint density at radius 2 is 2.24 bits per heavy atom. The Morgan fingerprint density at radius 1 is 1.53 bits per heavy atom. The Morgan fingerprint density at radius 3 is 2.82 bits per heavy atom. The first-order chi connectivity index (χ1) is 7.91. The van der Waals surface area contributed by atoms with Crippen LogP contribution in [0.15, 0.2) is 15.7 Å². The smallest absolute Gasteiger partial charge is 0.428 e. The molecule has 1 aromatic rings. The van der Waals surface area contributed by atoms with E-state index in [1.54, 1.807) is 6.26 Å². The normalized spacial score (nSPS) is 19.2. The summed E-state index contributed by atoms with van der Waals surface area (Å²) in [7, 11) is 0. The lowest BCUT2D eigenvalue weighted by Crippen LogP contribution is -2.42. The number of nitrogens with zero attached hydrogens (tertiary/aromatic N) is 1. The predicted octanol–water partition coefficient (Wildman–Crippen LogP) is 3.27. The van der Waals surface area contributed by atoms with Gasteiger partial charge in [0.2, 0.25) is 6.10 Å². The van der Waals surface area contributed by atoms with E-state index in [2.05, 4.69) is 20.9 Å². The van der Waals surface area contributed by atoms with Crippen molar-refractivity contribution in [3.8, 4) is 11.5 Å². The van der Waals surface area contributed by atoms with Crippen LogP contribution >= 0.6 is 27.7 Å². The van der Waals surface area contributed by atoms with Crippen molar-refractivity contribution in [1.29, 1.82) is 0 Å². The molecule has 8 heteroatoms. The maximum atomic E-state index is 12.5. The van der Waals surface area contributed by atoms with E-state index in [9.17, 15) is 13.2 Å². The van der Waals surface area contributed by atoms with E-state index in [0.29, 0.717) is 9.63 Å². The maximum absolute atomic E-state index is 12.5. The number of ether oxygens (including phenoxy) is 2. The molecule has 1 aliphatic rings. The lowest BCUT2D eigenvalue weighted by Gasteiger charge is -2.28. The molecule has 1 atom stereocenters. The topological polar surface area (TPSA) is 31.4 Å². The molecule has 0 saturated carbocycles. The highest BCUT2D eigenvalue weighted by Gasteiger charge is 2.45. The van der Waals surface area contributed by atoms with Gasteiger partial charge in [-0.05, 0) is 22.2 Å². The lowest BCUT2D eigenvalue weighted by atomic mass is 10.3. The van der Waals surface area contributed by atoms with Crippen LogP contribution in [-0.4, -0.2) is 30.1 Å². The third-order valence-electron chi connectivity index (χ3n) is 2.10. The first-order valence-corrected chi connectivity index (χ1v) is 6.54. The molecule has 0 amide bonds. The van der Waals surface area contributed by atoms with E-state index in [1.165, 1.54) is 17.8 Å². The van der Waals surface area contributed by atoms with Crippen molar-refractivity contribution in [3.05, 3.63) is 10.7 Å². The summed E-state index contributed by atoms with van der Waals surface area (Å²) < 4.78 is 47.7. The van der Waals surface area contributed by atoms with Crippen molar-refractivity contribution in [3.63, 3.8) is 0 Å².